The first kappa shape index (κ1) is 27.8. The molecule has 0 bridgehead atoms. The Balaban J connectivity index is 1.97. The van der Waals surface area contributed by atoms with Gasteiger partial charge in [-0.3, -0.25) is 9.88 Å². The summed E-state index contributed by atoms with van der Waals surface area (Å²) in [6.07, 6.45) is -8.87. The highest BCUT2D eigenvalue weighted by Crippen LogP contribution is 2.36. The molecule has 3 rings (SSSR count). The highest BCUT2D eigenvalue weighted by atomic mass is 19.4. The molecule has 2 aromatic rings. The maximum atomic E-state index is 13.1. The second kappa shape index (κ2) is 9.91. The summed E-state index contributed by atoms with van der Waals surface area (Å²) in [6.45, 7) is 9.48. The number of aromatic nitrogens is 1. The van der Waals surface area contributed by atoms with Crippen molar-refractivity contribution in [2.24, 2.45) is 0 Å². The van der Waals surface area contributed by atoms with Crippen molar-refractivity contribution in [3.8, 4) is 0 Å². The van der Waals surface area contributed by atoms with E-state index in [1.54, 1.807) is 25.7 Å². The lowest BCUT2D eigenvalue weighted by molar-refractivity contribution is -0.138. The molecule has 1 fully saturated rings. The van der Waals surface area contributed by atoms with E-state index in [4.69, 9.17) is 4.74 Å². The molecule has 1 aliphatic rings. The third-order valence-corrected chi connectivity index (χ3v) is 5.94. The smallest absolute Gasteiger partial charge is 0.417 e. The Morgan fingerprint density at radius 2 is 1.44 bits per heavy atom. The van der Waals surface area contributed by atoms with Crippen LogP contribution in [-0.2, 0) is 17.1 Å². The van der Waals surface area contributed by atoms with E-state index in [1.807, 2.05) is 18.7 Å². The van der Waals surface area contributed by atoms with Crippen molar-refractivity contribution in [2.75, 3.05) is 13.1 Å². The molecule has 0 spiro atoms. The van der Waals surface area contributed by atoms with E-state index in [0.717, 1.165) is 24.4 Å². The van der Waals surface area contributed by atoms with Crippen LogP contribution < -0.4 is 0 Å². The highest BCUT2D eigenvalue weighted by Gasteiger charge is 2.39. The van der Waals surface area contributed by atoms with Gasteiger partial charge in [-0.25, -0.2) is 4.79 Å². The molecule has 1 aromatic carbocycles. The number of ether oxygens (including phenoxy) is 1. The van der Waals surface area contributed by atoms with Gasteiger partial charge in [-0.1, -0.05) is 12.1 Å². The Hall–Kier alpha value is -2.82. The van der Waals surface area contributed by atoms with Gasteiger partial charge in [0, 0.05) is 31.4 Å². The summed E-state index contributed by atoms with van der Waals surface area (Å²) in [5.74, 6) is 0. The van der Waals surface area contributed by atoms with Crippen LogP contribution in [0.15, 0.2) is 42.6 Å². The van der Waals surface area contributed by atoms with E-state index in [1.165, 1.54) is 18.2 Å². The van der Waals surface area contributed by atoms with Crippen LogP contribution in [0.1, 0.15) is 63.0 Å². The number of amides is 1. The van der Waals surface area contributed by atoms with Crippen molar-refractivity contribution in [1.82, 2.24) is 14.8 Å². The lowest BCUT2D eigenvalue weighted by atomic mass is 9.95. The Labute approximate surface area is 206 Å². The lowest BCUT2D eigenvalue weighted by Gasteiger charge is -2.47. The molecule has 198 valence electrons. The van der Waals surface area contributed by atoms with Gasteiger partial charge in [0.05, 0.1) is 22.9 Å². The first-order valence-corrected chi connectivity index (χ1v) is 11.4. The number of rotatable bonds is 3. The molecule has 1 aromatic heterocycles. The predicted octanol–water partition coefficient (Wildman–Crippen LogP) is 6.54. The van der Waals surface area contributed by atoms with E-state index in [9.17, 15) is 31.1 Å². The molecular weight excluding hydrogens is 488 g/mol. The third-order valence-electron chi connectivity index (χ3n) is 5.94. The average Bonchev–Trinajstić information content (AvgIpc) is 2.74. The highest BCUT2D eigenvalue weighted by molar-refractivity contribution is 5.68. The zero-order valence-corrected chi connectivity index (χ0v) is 20.6. The maximum absolute atomic E-state index is 13.1. The van der Waals surface area contributed by atoms with Crippen LogP contribution >= 0.6 is 0 Å². The van der Waals surface area contributed by atoms with E-state index >= 15 is 0 Å². The molecule has 3 atom stereocenters. The molecule has 1 unspecified atom stereocenters. The molecule has 11 heteroatoms. The van der Waals surface area contributed by atoms with Crippen LogP contribution in [0.25, 0.3) is 0 Å². The standard InChI is InChI=1S/C25H29F6N3O2/c1-15-14-34(22(35)36-23(3,4)5)16(2)13-33(15)21(17-6-8-18(9-7-17)24(26,27)28)20-11-10-19(12-32-20)25(29,30)31/h6-12,15-16,21H,13-14H2,1-5H3/t15-,16+,21?/m1/s1. The van der Waals surface area contributed by atoms with Gasteiger partial charge >= 0.3 is 18.4 Å². The Morgan fingerprint density at radius 3 is 1.92 bits per heavy atom. The van der Waals surface area contributed by atoms with Gasteiger partial charge in [-0.15, -0.1) is 0 Å². The molecule has 0 radical (unpaired) electrons. The van der Waals surface area contributed by atoms with Gasteiger partial charge < -0.3 is 9.64 Å². The van der Waals surface area contributed by atoms with Gasteiger partial charge in [-0.05, 0) is 64.4 Å². The second-order valence-corrected chi connectivity index (χ2v) is 10.0. The SMILES string of the molecule is C[C@@H]1CN(C(=O)OC(C)(C)C)[C@@H](C)CN1C(c1ccc(C(F)(F)F)cc1)c1ccc(C(F)(F)F)cn1. The van der Waals surface area contributed by atoms with Crippen LogP contribution in [0.2, 0.25) is 0 Å². The number of carbonyl (C=O) groups excluding carboxylic acids is 1. The van der Waals surface area contributed by atoms with Gasteiger partial charge in [0.25, 0.3) is 0 Å². The molecular formula is C25H29F6N3O2. The van der Waals surface area contributed by atoms with Crippen molar-refractivity contribution in [2.45, 2.75) is 70.7 Å². The van der Waals surface area contributed by atoms with Crippen LogP contribution in [-0.4, -0.2) is 51.7 Å². The quantitative estimate of drug-likeness (QED) is 0.434. The second-order valence-electron chi connectivity index (χ2n) is 10.0. The zero-order valence-electron chi connectivity index (χ0n) is 20.6. The normalized spacial score (nSPS) is 20.8. The number of piperazine rings is 1. The zero-order chi connectivity index (χ0) is 27.1. The maximum Gasteiger partial charge on any atom is 0.417 e. The summed E-state index contributed by atoms with van der Waals surface area (Å²) in [4.78, 5) is 20.3. The summed E-state index contributed by atoms with van der Waals surface area (Å²) < 4.78 is 84.2. The number of hydrogen-bond acceptors (Lipinski definition) is 4. The molecule has 1 aliphatic heterocycles. The molecule has 1 saturated heterocycles. The lowest BCUT2D eigenvalue weighted by Crippen LogP contribution is -2.59. The number of hydrogen-bond donors (Lipinski definition) is 0. The predicted molar refractivity (Wildman–Crippen MR) is 121 cm³/mol. The summed E-state index contributed by atoms with van der Waals surface area (Å²) in [5.41, 5.74) is -1.74. The number of benzene rings is 1. The third kappa shape index (κ3) is 6.48. The molecule has 1 amide bonds. The van der Waals surface area contributed by atoms with Crippen molar-refractivity contribution >= 4 is 6.09 Å². The Bertz CT molecular complexity index is 988. The largest absolute Gasteiger partial charge is 0.444 e. The van der Waals surface area contributed by atoms with Crippen molar-refractivity contribution < 1.29 is 35.9 Å². The summed E-state index contributed by atoms with van der Waals surface area (Å²) in [6, 6.07) is 5.29. The fourth-order valence-corrected chi connectivity index (χ4v) is 4.21. The van der Waals surface area contributed by atoms with E-state index in [2.05, 4.69) is 4.98 Å². The molecule has 0 N–H and O–H groups in total. The number of pyridine rings is 1. The monoisotopic (exact) mass is 517 g/mol. The first-order valence-electron chi connectivity index (χ1n) is 11.4. The van der Waals surface area contributed by atoms with Crippen molar-refractivity contribution in [1.29, 1.82) is 0 Å². The molecule has 36 heavy (non-hydrogen) atoms. The van der Waals surface area contributed by atoms with E-state index in [0.29, 0.717) is 12.1 Å². The van der Waals surface area contributed by atoms with Gasteiger partial charge in [0.1, 0.15) is 5.60 Å². The van der Waals surface area contributed by atoms with Crippen LogP contribution in [0.4, 0.5) is 31.1 Å². The van der Waals surface area contributed by atoms with E-state index < -0.39 is 41.2 Å². The first-order chi connectivity index (χ1) is 16.5. The van der Waals surface area contributed by atoms with Crippen LogP contribution in [0, 0.1) is 0 Å². The minimum absolute atomic E-state index is 0.257. The molecule has 2 heterocycles. The number of carbonyl (C=O) groups is 1. The van der Waals surface area contributed by atoms with Crippen molar-refractivity contribution in [3.63, 3.8) is 0 Å². The number of nitrogens with zero attached hydrogens (tertiary/aromatic N) is 3. The fraction of sp³-hybridized carbons (Fsp3) is 0.520. The minimum atomic E-state index is -4.57. The van der Waals surface area contributed by atoms with Gasteiger partial charge in [0.15, 0.2) is 0 Å². The van der Waals surface area contributed by atoms with Gasteiger partial charge in [0.2, 0.25) is 0 Å². The Morgan fingerprint density at radius 1 is 0.889 bits per heavy atom. The van der Waals surface area contributed by atoms with Crippen LogP contribution in [0.3, 0.4) is 0 Å². The van der Waals surface area contributed by atoms with Crippen molar-refractivity contribution in [3.05, 3.63) is 65.0 Å². The molecule has 5 nitrogen and oxygen atoms in total. The summed E-state index contributed by atoms with van der Waals surface area (Å²) >= 11 is 0. The fourth-order valence-electron chi connectivity index (χ4n) is 4.21. The molecule has 0 saturated carbocycles. The average molecular weight is 518 g/mol. The summed E-state index contributed by atoms with van der Waals surface area (Å²) in [5, 5.41) is 0. The number of alkyl halides is 6. The number of halogens is 6. The minimum Gasteiger partial charge on any atom is -0.444 e. The van der Waals surface area contributed by atoms with E-state index in [-0.39, 0.29) is 24.3 Å². The molecule has 0 aliphatic carbocycles. The van der Waals surface area contributed by atoms with Crippen LogP contribution in [0.5, 0.6) is 0 Å². The Kier molecular flexibility index (Phi) is 7.64. The van der Waals surface area contributed by atoms with Gasteiger partial charge in [-0.2, -0.15) is 26.3 Å². The topological polar surface area (TPSA) is 45.7 Å². The summed E-state index contributed by atoms with van der Waals surface area (Å²) in [7, 11) is 0.